The molecule has 1 N–H and O–H groups in total. The second-order valence-electron chi connectivity index (χ2n) is 5.56. The van der Waals surface area contributed by atoms with E-state index in [1.165, 1.54) is 27.6 Å². The summed E-state index contributed by atoms with van der Waals surface area (Å²) in [6.45, 7) is 7.13. The number of rotatable bonds is 5. The van der Waals surface area contributed by atoms with Gasteiger partial charge in [0, 0.05) is 30.2 Å². The summed E-state index contributed by atoms with van der Waals surface area (Å²) in [5.74, 6) is 0. The highest BCUT2D eigenvalue weighted by Crippen LogP contribution is 2.21. The molecule has 3 rings (SSSR count). The normalized spacial score (nSPS) is 11.1. The van der Waals surface area contributed by atoms with Crippen LogP contribution in [0.4, 0.5) is 0 Å². The number of aromatic nitrogens is 1. The molecule has 2 aromatic carbocycles. The number of nitrogens with one attached hydrogen (secondary N) is 1. The molecule has 0 unspecified atom stereocenters. The van der Waals surface area contributed by atoms with Gasteiger partial charge in [-0.1, -0.05) is 48.9 Å². The molecule has 0 spiro atoms. The highest BCUT2D eigenvalue weighted by Gasteiger charge is 2.05. The van der Waals surface area contributed by atoms with Gasteiger partial charge in [0.05, 0.1) is 0 Å². The lowest BCUT2D eigenvalue weighted by Gasteiger charge is -2.08. The number of fused-ring (bicyclic) bond motifs is 1. The van der Waals surface area contributed by atoms with Crippen molar-refractivity contribution in [3.05, 3.63) is 71.4 Å². The van der Waals surface area contributed by atoms with Crippen molar-refractivity contribution < 1.29 is 0 Å². The van der Waals surface area contributed by atoms with Crippen LogP contribution in [0.5, 0.6) is 0 Å². The molecular formula is C19H22N2. The minimum atomic E-state index is 0.925. The topological polar surface area (TPSA) is 17.0 Å². The number of aryl methyl sites for hydroxylation is 1. The largest absolute Gasteiger partial charge is 0.343 e. The SMILES string of the molecule is CCNCc1cccc2c1ccn2Cc1ccc(C)cc1. The van der Waals surface area contributed by atoms with Crippen LogP contribution in [0.1, 0.15) is 23.6 Å². The van der Waals surface area contributed by atoms with E-state index in [2.05, 4.69) is 78.5 Å². The van der Waals surface area contributed by atoms with E-state index in [0.717, 1.165) is 19.6 Å². The zero-order chi connectivity index (χ0) is 14.7. The Balaban J connectivity index is 1.91. The highest BCUT2D eigenvalue weighted by molar-refractivity contribution is 5.83. The maximum atomic E-state index is 3.41. The lowest BCUT2D eigenvalue weighted by Crippen LogP contribution is -2.11. The molecule has 0 atom stereocenters. The Morgan fingerprint density at radius 1 is 1.00 bits per heavy atom. The van der Waals surface area contributed by atoms with Crippen molar-refractivity contribution in [2.75, 3.05) is 6.54 Å². The summed E-state index contributed by atoms with van der Waals surface area (Å²) >= 11 is 0. The molecule has 0 saturated carbocycles. The Kier molecular flexibility index (Phi) is 4.07. The minimum absolute atomic E-state index is 0.925. The van der Waals surface area contributed by atoms with Gasteiger partial charge in [-0.15, -0.1) is 0 Å². The second kappa shape index (κ2) is 6.15. The molecule has 2 heteroatoms. The molecule has 1 heterocycles. The smallest absolute Gasteiger partial charge is 0.0486 e. The summed E-state index contributed by atoms with van der Waals surface area (Å²) in [4.78, 5) is 0. The summed E-state index contributed by atoms with van der Waals surface area (Å²) < 4.78 is 2.33. The van der Waals surface area contributed by atoms with Crippen molar-refractivity contribution in [1.29, 1.82) is 0 Å². The van der Waals surface area contributed by atoms with E-state index in [1.54, 1.807) is 0 Å². The fraction of sp³-hybridized carbons (Fsp3) is 0.263. The first kappa shape index (κ1) is 13.9. The summed E-state index contributed by atoms with van der Waals surface area (Å²) in [5.41, 5.74) is 5.34. The highest BCUT2D eigenvalue weighted by atomic mass is 15.0. The maximum Gasteiger partial charge on any atom is 0.0486 e. The lowest BCUT2D eigenvalue weighted by molar-refractivity contribution is 0.730. The van der Waals surface area contributed by atoms with Crippen molar-refractivity contribution in [1.82, 2.24) is 9.88 Å². The third-order valence-electron chi connectivity index (χ3n) is 3.94. The van der Waals surface area contributed by atoms with Gasteiger partial charge in [0.25, 0.3) is 0 Å². The van der Waals surface area contributed by atoms with Crippen molar-refractivity contribution in [2.45, 2.75) is 26.9 Å². The van der Waals surface area contributed by atoms with Gasteiger partial charge in [-0.05, 0) is 36.7 Å². The summed E-state index contributed by atoms with van der Waals surface area (Å²) in [5, 5.41) is 4.76. The van der Waals surface area contributed by atoms with Gasteiger partial charge < -0.3 is 9.88 Å². The predicted octanol–water partition coefficient (Wildman–Crippen LogP) is 4.11. The van der Waals surface area contributed by atoms with E-state index in [0.29, 0.717) is 0 Å². The lowest BCUT2D eigenvalue weighted by atomic mass is 10.1. The number of benzene rings is 2. The van der Waals surface area contributed by atoms with Gasteiger partial charge in [0.15, 0.2) is 0 Å². The molecule has 108 valence electrons. The molecule has 3 aromatic rings. The molecule has 0 aliphatic heterocycles. The van der Waals surface area contributed by atoms with Crippen LogP contribution in [0.25, 0.3) is 10.9 Å². The van der Waals surface area contributed by atoms with Gasteiger partial charge in [0.2, 0.25) is 0 Å². The van der Waals surface area contributed by atoms with Crippen LogP contribution in [0, 0.1) is 6.92 Å². The number of hydrogen-bond donors (Lipinski definition) is 1. The Bertz CT molecular complexity index is 723. The van der Waals surface area contributed by atoms with Gasteiger partial charge in [-0.3, -0.25) is 0 Å². The van der Waals surface area contributed by atoms with Crippen LogP contribution in [-0.2, 0) is 13.1 Å². The van der Waals surface area contributed by atoms with Crippen molar-refractivity contribution in [3.8, 4) is 0 Å². The van der Waals surface area contributed by atoms with Crippen LogP contribution in [0.15, 0.2) is 54.7 Å². The quantitative estimate of drug-likeness (QED) is 0.743. The molecule has 0 bridgehead atoms. The maximum absolute atomic E-state index is 3.41. The van der Waals surface area contributed by atoms with E-state index >= 15 is 0 Å². The van der Waals surface area contributed by atoms with E-state index < -0.39 is 0 Å². The number of nitrogens with zero attached hydrogens (tertiary/aromatic N) is 1. The summed E-state index contributed by atoms with van der Waals surface area (Å²) in [6, 6.07) is 17.6. The predicted molar refractivity (Wildman–Crippen MR) is 89.6 cm³/mol. The molecule has 0 aliphatic rings. The molecular weight excluding hydrogens is 256 g/mol. The van der Waals surface area contributed by atoms with Crippen molar-refractivity contribution >= 4 is 10.9 Å². The van der Waals surface area contributed by atoms with Gasteiger partial charge in [-0.25, -0.2) is 0 Å². The second-order valence-corrected chi connectivity index (χ2v) is 5.56. The Morgan fingerprint density at radius 3 is 2.57 bits per heavy atom. The van der Waals surface area contributed by atoms with Crippen molar-refractivity contribution in [3.63, 3.8) is 0 Å². The van der Waals surface area contributed by atoms with Gasteiger partial charge >= 0.3 is 0 Å². The molecule has 0 aliphatic carbocycles. The van der Waals surface area contributed by atoms with Crippen LogP contribution < -0.4 is 5.32 Å². The molecule has 0 saturated heterocycles. The van der Waals surface area contributed by atoms with E-state index in [-0.39, 0.29) is 0 Å². The first-order valence-electron chi connectivity index (χ1n) is 7.61. The number of hydrogen-bond acceptors (Lipinski definition) is 1. The fourth-order valence-electron chi connectivity index (χ4n) is 2.73. The fourth-order valence-corrected chi connectivity index (χ4v) is 2.73. The van der Waals surface area contributed by atoms with Crippen LogP contribution >= 0.6 is 0 Å². The third-order valence-corrected chi connectivity index (χ3v) is 3.94. The first-order chi connectivity index (χ1) is 10.3. The van der Waals surface area contributed by atoms with E-state index in [4.69, 9.17) is 0 Å². The third kappa shape index (κ3) is 3.01. The minimum Gasteiger partial charge on any atom is -0.343 e. The summed E-state index contributed by atoms with van der Waals surface area (Å²) in [6.07, 6.45) is 2.19. The standard InChI is InChI=1S/C19H22N2/c1-3-20-13-17-5-4-6-19-18(17)11-12-21(19)14-16-9-7-15(2)8-10-16/h4-12,20H,3,13-14H2,1-2H3. The van der Waals surface area contributed by atoms with Gasteiger partial charge in [0.1, 0.15) is 0 Å². The zero-order valence-corrected chi connectivity index (χ0v) is 12.8. The molecule has 2 nitrogen and oxygen atoms in total. The average molecular weight is 278 g/mol. The molecule has 21 heavy (non-hydrogen) atoms. The first-order valence-corrected chi connectivity index (χ1v) is 7.61. The van der Waals surface area contributed by atoms with Crippen LogP contribution in [0.3, 0.4) is 0 Å². The molecule has 0 fully saturated rings. The molecule has 1 aromatic heterocycles. The Labute approximate surface area is 126 Å². The van der Waals surface area contributed by atoms with Gasteiger partial charge in [-0.2, -0.15) is 0 Å². The Hall–Kier alpha value is -2.06. The van der Waals surface area contributed by atoms with Crippen LogP contribution in [0.2, 0.25) is 0 Å². The summed E-state index contributed by atoms with van der Waals surface area (Å²) in [7, 11) is 0. The van der Waals surface area contributed by atoms with Crippen molar-refractivity contribution in [2.24, 2.45) is 0 Å². The molecule has 0 radical (unpaired) electrons. The van der Waals surface area contributed by atoms with Crippen LogP contribution in [-0.4, -0.2) is 11.1 Å². The molecule has 0 amide bonds. The van der Waals surface area contributed by atoms with E-state index in [9.17, 15) is 0 Å². The van der Waals surface area contributed by atoms with E-state index in [1.807, 2.05) is 0 Å². The average Bonchev–Trinajstić information content (AvgIpc) is 2.91. The zero-order valence-electron chi connectivity index (χ0n) is 12.8. The Morgan fingerprint density at radius 2 is 1.81 bits per heavy atom. The monoisotopic (exact) mass is 278 g/mol.